The molecule has 6 heteroatoms. The van der Waals surface area contributed by atoms with E-state index in [1.54, 1.807) is 16.8 Å². The van der Waals surface area contributed by atoms with Crippen LogP contribution >= 0.6 is 0 Å². The maximum atomic E-state index is 12.8. The molecule has 6 nitrogen and oxygen atoms in total. The van der Waals surface area contributed by atoms with Crippen LogP contribution in [0.1, 0.15) is 28.9 Å². The molecule has 1 fully saturated rings. The first-order valence-electron chi connectivity index (χ1n) is 9.01. The second kappa shape index (κ2) is 6.78. The number of H-pyrrole nitrogens is 1. The number of carbonyl (C=O) groups is 1. The molecule has 134 valence electrons. The summed E-state index contributed by atoms with van der Waals surface area (Å²) in [5.74, 6) is 0.454. The number of aromatic nitrogens is 3. The molecule has 0 radical (unpaired) electrons. The van der Waals surface area contributed by atoms with Gasteiger partial charge in [-0.3, -0.25) is 9.59 Å². The predicted molar refractivity (Wildman–Crippen MR) is 100 cm³/mol. The quantitative estimate of drug-likeness (QED) is 0.789. The van der Waals surface area contributed by atoms with Crippen molar-refractivity contribution in [2.75, 3.05) is 13.1 Å². The molecule has 4 rings (SSSR count). The van der Waals surface area contributed by atoms with E-state index in [0.29, 0.717) is 12.5 Å². The predicted octanol–water partition coefficient (Wildman–Crippen LogP) is 2.59. The Morgan fingerprint density at radius 2 is 2.00 bits per heavy atom. The Balaban J connectivity index is 1.40. The third-order valence-electron chi connectivity index (χ3n) is 5.13. The van der Waals surface area contributed by atoms with Gasteiger partial charge >= 0.3 is 0 Å². The normalized spacial score (nSPS) is 15.5. The van der Waals surface area contributed by atoms with Crippen LogP contribution in [0.15, 0.2) is 47.4 Å². The number of nitrogens with zero attached hydrogens (tertiary/aromatic N) is 3. The third-order valence-corrected chi connectivity index (χ3v) is 5.13. The minimum Gasteiger partial charge on any atom is -0.361 e. The van der Waals surface area contributed by atoms with Crippen molar-refractivity contribution in [3.05, 3.63) is 64.2 Å². The van der Waals surface area contributed by atoms with Crippen molar-refractivity contribution in [2.24, 2.45) is 5.92 Å². The number of aryl methyl sites for hydroxylation is 1. The molecule has 1 aliphatic heterocycles. The van der Waals surface area contributed by atoms with E-state index >= 15 is 0 Å². The maximum Gasteiger partial charge on any atom is 0.266 e. The molecule has 1 saturated heterocycles. The lowest BCUT2D eigenvalue weighted by atomic mass is 9.96. The number of likely N-dealkylation sites (tertiary alicyclic amines) is 1. The van der Waals surface area contributed by atoms with E-state index in [9.17, 15) is 9.59 Å². The Morgan fingerprint density at radius 3 is 2.81 bits per heavy atom. The zero-order valence-electron chi connectivity index (χ0n) is 14.8. The monoisotopic (exact) mass is 350 g/mol. The van der Waals surface area contributed by atoms with Gasteiger partial charge in [-0.25, -0.2) is 4.68 Å². The van der Waals surface area contributed by atoms with Crippen LogP contribution in [0.3, 0.4) is 0 Å². The van der Waals surface area contributed by atoms with Crippen molar-refractivity contribution < 1.29 is 4.79 Å². The van der Waals surface area contributed by atoms with Crippen molar-refractivity contribution in [1.29, 1.82) is 0 Å². The summed E-state index contributed by atoms with van der Waals surface area (Å²) in [5, 5.41) is 5.36. The summed E-state index contributed by atoms with van der Waals surface area (Å²) in [7, 11) is 0. The van der Waals surface area contributed by atoms with Crippen LogP contribution in [0, 0.1) is 12.8 Å². The molecule has 0 saturated carbocycles. The van der Waals surface area contributed by atoms with Gasteiger partial charge in [0, 0.05) is 48.4 Å². The summed E-state index contributed by atoms with van der Waals surface area (Å²) >= 11 is 0. The smallest absolute Gasteiger partial charge is 0.266 e. The van der Waals surface area contributed by atoms with Crippen molar-refractivity contribution in [2.45, 2.75) is 26.3 Å². The third kappa shape index (κ3) is 3.27. The molecule has 26 heavy (non-hydrogen) atoms. The van der Waals surface area contributed by atoms with Gasteiger partial charge in [-0.2, -0.15) is 5.10 Å². The lowest BCUT2D eigenvalue weighted by Crippen LogP contribution is -2.40. The Bertz CT molecular complexity index is 996. The van der Waals surface area contributed by atoms with Gasteiger partial charge in [-0.15, -0.1) is 0 Å². The zero-order chi connectivity index (χ0) is 18.1. The van der Waals surface area contributed by atoms with Gasteiger partial charge in [0.05, 0.1) is 5.69 Å². The molecule has 0 atom stereocenters. The van der Waals surface area contributed by atoms with Gasteiger partial charge in [0.1, 0.15) is 0 Å². The molecular formula is C20H22N4O2. The largest absolute Gasteiger partial charge is 0.361 e. The topological polar surface area (TPSA) is 71.0 Å². The van der Waals surface area contributed by atoms with Crippen LogP contribution in [0.25, 0.3) is 10.9 Å². The van der Waals surface area contributed by atoms with E-state index in [0.717, 1.165) is 48.1 Å². The highest BCUT2D eigenvalue weighted by molar-refractivity contribution is 5.98. The molecule has 2 aromatic heterocycles. The summed E-state index contributed by atoms with van der Waals surface area (Å²) in [6, 6.07) is 11.1. The van der Waals surface area contributed by atoms with Gasteiger partial charge in [-0.1, -0.05) is 0 Å². The fourth-order valence-corrected chi connectivity index (χ4v) is 3.61. The average Bonchev–Trinajstić information content (AvgIpc) is 3.12. The standard InChI is InChI=1S/C20H22N4O2/c1-14-2-5-19(25)24(22-14)13-15-7-10-23(11-8-15)20(26)17-3-4-18-16(12-17)6-9-21-18/h2-6,9,12,15,21H,7-8,10-11,13H2,1H3. The highest BCUT2D eigenvalue weighted by atomic mass is 16.2. The number of benzene rings is 1. The van der Waals surface area contributed by atoms with Crippen LogP contribution in [0.2, 0.25) is 0 Å². The molecule has 1 aromatic carbocycles. The van der Waals surface area contributed by atoms with Crippen molar-refractivity contribution in [3.63, 3.8) is 0 Å². The summed E-state index contributed by atoms with van der Waals surface area (Å²) in [4.78, 5) is 29.8. The van der Waals surface area contributed by atoms with Gasteiger partial charge in [0.2, 0.25) is 0 Å². The van der Waals surface area contributed by atoms with Gasteiger partial charge in [0.15, 0.2) is 0 Å². The number of aromatic amines is 1. The summed E-state index contributed by atoms with van der Waals surface area (Å²) in [6.45, 7) is 3.95. The highest BCUT2D eigenvalue weighted by Crippen LogP contribution is 2.21. The Kier molecular flexibility index (Phi) is 4.32. The first-order chi connectivity index (χ1) is 12.6. The molecule has 3 heterocycles. The van der Waals surface area contributed by atoms with Crippen LogP contribution in [0.5, 0.6) is 0 Å². The summed E-state index contributed by atoms with van der Waals surface area (Å²) in [5.41, 5.74) is 2.55. The Hall–Kier alpha value is -2.89. The second-order valence-electron chi connectivity index (χ2n) is 7.01. The summed E-state index contributed by atoms with van der Waals surface area (Å²) < 4.78 is 1.55. The SMILES string of the molecule is Cc1ccc(=O)n(CC2CCN(C(=O)c3ccc4[nH]ccc4c3)CC2)n1. The fraction of sp³-hybridized carbons (Fsp3) is 0.350. The maximum absolute atomic E-state index is 12.8. The van der Waals surface area contributed by atoms with E-state index < -0.39 is 0 Å². The van der Waals surface area contributed by atoms with Gasteiger partial charge in [-0.05, 0) is 56.0 Å². The van der Waals surface area contributed by atoms with Crippen molar-refractivity contribution in [1.82, 2.24) is 19.7 Å². The number of hydrogen-bond donors (Lipinski definition) is 1. The average molecular weight is 350 g/mol. The number of fused-ring (bicyclic) bond motifs is 1. The van der Waals surface area contributed by atoms with E-state index in [2.05, 4.69) is 10.1 Å². The van der Waals surface area contributed by atoms with Crippen LogP contribution < -0.4 is 5.56 Å². The van der Waals surface area contributed by atoms with E-state index in [4.69, 9.17) is 0 Å². The number of carbonyl (C=O) groups excluding carboxylic acids is 1. The van der Waals surface area contributed by atoms with Gasteiger partial charge < -0.3 is 9.88 Å². The minimum atomic E-state index is -0.0612. The van der Waals surface area contributed by atoms with E-state index in [1.165, 1.54) is 0 Å². The number of hydrogen-bond acceptors (Lipinski definition) is 3. The van der Waals surface area contributed by atoms with E-state index in [-0.39, 0.29) is 11.5 Å². The molecule has 0 spiro atoms. The first-order valence-corrected chi connectivity index (χ1v) is 9.01. The Labute approximate surface area is 151 Å². The second-order valence-corrected chi connectivity index (χ2v) is 7.01. The molecule has 1 aliphatic rings. The van der Waals surface area contributed by atoms with Crippen LogP contribution in [0.4, 0.5) is 0 Å². The van der Waals surface area contributed by atoms with Crippen LogP contribution in [-0.4, -0.2) is 38.7 Å². The Morgan fingerprint density at radius 1 is 1.19 bits per heavy atom. The van der Waals surface area contributed by atoms with Crippen molar-refractivity contribution >= 4 is 16.8 Å². The molecule has 3 aromatic rings. The molecule has 1 N–H and O–H groups in total. The number of piperidine rings is 1. The fourth-order valence-electron chi connectivity index (χ4n) is 3.61. The zero-order valence-corrected chi connectivity index (χ0v) is 14.8. The van der Waals surface area contributed by atoms with Crippen molar-refractivity contribution in [3.8, 4) is 0 Å². The highest BCUT2D eigenvalue weighted by Gasteiger charge is 2.24. The number of rotatable bonds is 3. The molecule has 0 bridgehead atoms. The molecular weight excluding hydrogens is 328 g/mol. The molecule has 0 aliphatic carbocycles. The molecule has 0 unspecified atom stereocenters. The van der Waals surface area contributed by atoms with E-state index in [1.807, 2.05) is 42.3 Å². The van der Waals surface area contributed by atoms with Gasteiger partial charge in [0.25, 0.3) is 11.5 Å². The number of nitrogens with one attached hydrogen (secondary N) is 1. The number of amides is 1. The summed E-state index contributed by atoms with van der Waals surface area (Å²) in [6.07, 6.45) is 3.66. The first kappa shape index (κ1) is 16.6. The minimum absolute atomic E-state index is 0.0612. The lowest BCUT2D eigenvalue weighted by Gasteiger charge is -2.32. The van der Waals surface area contributed by atoms with Crippen LogP contribution in [-0.2, 0) is 6.54 Å². The lowest BCUT2D eigenvalue weighted by molar-refractivity contribution is 0.0680. The molecule has 1 amide bonds.